The molecule has 0 heterocycles. The summed E-state index contributed by atoms with van der Waals surface area (Å²) in [5.41, 5.74) is 0. The number of hydrogen-bond acceptors (Lipinski definition) is 3. The minimum absolute atomic E-state index is 1.01. The van der Waals surface area contributed by atoms with Gasteiger partial charge in [-0.2, -0.15) is 0 Å². The summed E-state index contributed by atoms with van der Waals surface area (Å²) in [6, 6.07) is 0. The predicted octanol–water partition coefficient (Wildman–Crippen LogP) is 7.93. The number of nitrogens with zero attached hydrogens (tertiary/aromatic N) is 3. The lowest BCUT2D eigenvalue weighted by atomic mass is 10.5. The van der Waals surface area contributed by atoms with E-state index in [2.05, 4.69) is 30.2 Å². The maximum atomic E-state index is 5.61. The number of rotatable bonds is 6. The van der Waals surface area contributed by atoms with Gasteiger partial charge in [-0.1, -0.05) is 43.3 Å². The Morgan fingerprint density at radius 1 is 1.00 bits per heavy atom. The molecule has 18 heavy (non-hydrogen) atoms. The van der Waals surface area contributed by atoms with E-state index in [4.69, 9.17) is 68.0 Å². The maximum Gasteiger partial charge on any atom is 0.444 e. The van der Waals surface area contributed by atoms with Crippen molar-refractivity contribution >= 4 is 88.8 Å². The van der Waals surface area contributed by atoms with Crippen LogP contribution in [0.4, 0.5) is 0 Å². The van der Waals surface area contributed by atoms with Crippen LogP contribution in [0.2, 0.25) is 0 Å². The van der Waals surface area contributed by atoms with E-state index < -0.39 is 20.8 Å². The highest BCUT2D eigenvalue weighted by Crippen LogP contribution is 2.69. The Labute approximate surface area is 142 Å². The summed E-state index contributed by atoms with van der Waals surface area (Å²) in [4.78, 5) is 2.38. The molecule has 0 rings (SSSR count). The summed E-state index contributed by atoms with van der Waals surface area (Å²) in [6.45, 7) is 8.63. The summed E-state index contributed by atoms with van der Waals surface area (Å²) in [7, 11) is -1.49. The van der Waals surface area contributed by atoms with Crippen LogP contribution in [0, 0.1) is 0 Å². The van der Waals surface area contributed by atoms with Crippen molar-refractivity contribution in [3.05, 3.63) is 0 Å². The molecule has 0 N–H and O–H groups in total. The first-order chi connectivity index (χ1) is 8.29. The largest absolute Gasteiger partial charge is 0.444 e. The molecule has 12 heteroatoms. The monoisotopic (exact) mass is 432 g/mol. The molecule has 0 aromatic rings. The molecule has 0 radical (unpaired) electrons. The lowest BCUT2D eigenvalue weighted by Crippen LogP contribution is -2.21. The van der Waals surface area contributed by atoms with E-state index in [1.807, 2.05) is 0 Å². The minimum atomic E-state index is -1.49. The summed E-state index contributed by atoms with van der Waals surface area (Å²) in [5.74, 6) is 0. The average molecular weight is 435 g/mol. The normalized spacial score (nSPS) is 12.4. The van der Waals surface area contributed by atoms with Gasteiger partial charge in [0.15, 0.2) is 6.78 Å². The molecule has 1 atom stereocenters. The quantitative estimate of drug-likeness (QED) is 0.312. The molecule has 1 unspecified atom stereocenters. The molecular weight excluding hydrogens is 420 g/mol. The van der Waals surface area contributed by atoms with Crippen LogP contribution < -0.4 is 0 Å². The van der Waals surface area contributed by atoms with Crippen molar-refractivity contribution in [3.8, 4) is 0 Å². The summed E-state index contributed by atoms with van der Waals surface area (Å²) >= 11 is 32.7. The zero-order valence-electron chi connectivity index (χ0n) is 10.1. The van der Waals surface area contributed by atoms with E-state index in [-0.39, 0.29) is 0 Å². The van der Waals surface area contributed by atoms with Gasteiger partial charge in [-0.3, -0.25) is 0 Å². The van der Waals surface area contributed by atoms with Crippen LogP contribution in [0.15, 0.2) is 4.52 Å². The smallest absolute Gasteiger partial charge is 0.304 e. The molecule has 110 valence electrons. The highest BCUT2D eigenvalue weighted by Gasteiger charge is 2.25. The van der Waals surface area contributed by atoms with Crippen molar-refractivity contribution in [3.63, 3.8) is 0 Å². The third kappa shape index (κ3) is 13.6. The Bertz CT molecular complexity index is 221. The van der Waals surface area contributed by atoms with Crippen LogP contribution in [-0.4, -0.2) is 28.5 Å². The van der Waals surface area contributed by atoms with Gasteiger partial charge < -0.3 is 4.90 Å². The third-order valence-electron chi connectivity index (χ3n) is 1.74. The first-order valence-electron chi connectivity index (χ1n) is 4.88. The standard InChI is InChI=1S/C6H15N.Cl6N2P3/c1-4-7(5-2)6-3;1-8(10(4)5)11(6)7-9(2)3/h4-6H2,1-3H3;/q;+1. The van der Waals surface area contributed by atoms with Crippen LogP contribution >= 0.6 is 88.8 Å². The zero-order chi connectivity index (χ0) is 14.7. The molecular formula is C6H15Cl6N3P3+. The van der Waals surface area contributed by atoms with Gasteiger partial charge in [-0.05, 0) is 47.2 Å². The van der Waals surface area contributed by atoms with Crippen molar-refractivity contribution in [2.24, 2.45) is 4.52 Å². The average Bonchev–Trinajstić information content (AvgIpc) is 2.30. The van der Waals surface area contributed by atoms with Crippen molar-refractivity contribution in [1.29, 1.82) is 0 Å². The molecule has 3 nitrogen and oxygen atoms in total. The predicted molar refractivity (Wildman–Crippen MR) is 93.6 cm³/mol. The van der Waals surface area contributed by atoms with Crippen LogP contribution in [-0.2, 0) is 0 Å². The van der Waals surface area contributed by atoms with Gasteiger partial charge in [0.25, 0.3) is 7.58 Å². The fourth-order valence-electron chi connectivity index (χ4n) is 0.815. The molecule has 0 aromatic carbocycles. The van der Waals surface area contributed by atoms with Crippen LogP contribution in [0.25, 0.3) is 0 Å². The lowest BCUT2D eigenvalue weighted by molar-refractivity contribution is 0.321. The van der Waals surface area contributed by atoms with E-state index in [1.165, 1.54) is 19.6 Å². The Balaban J connectivity index is 0. The molecule has 0 aliphatic rings. The molecule has 0 amide bonds. The topological polar surface area (TPSA) is 18.8 Å². The van der Waals surface area contributed by atoms with E-state index >= 15 is 0 Å². The van der Waals surface area contributed by atoms with E-state index in [9.17, 15) is 0 Å². The molecule has 0 saturated carbocycles. The molecule has 0 fully saturated rings. The third-order valence-corrected chi connectivity index (χ3v) is 10.2. The second-order valence-corrected chi connectivity index (χ2v) is 12.4. The Morgan fingerprint density at radius 2 is 1.39 bits per heavy atom. The number of hydrogen-bond donors (Lipinski definition) is 0. The van der Waals surface area contributed by atoms with Crippen molar-refractivity contribution in [1.82, 2.24) is 8.86 Å². The van der Waals surface area contributed by atoms with E-state index in [0.29, 0.717) is 0 Å². The van der Waals surface area contributed by atoms with Gasteiger partial charge in [0.05, 0.1) is 0 Å². The second kappa shape index (κ2) is 14.6. The zero-order valence-corrected chi connectivity index (χ0v) is 17.3. The second-order valence-electron chi connectivity index (χ2n) is 2.62. The first-order valence-corrected chi connectivity index (χ1v) is 13.6. The molecule has 0 bridgehead atoms. The van der Waals surface area contributed by atoms with Crippen molar-refractivity contribution in [2.75, 3.05) is 19.6 Å². The lowest BCUT2D eigenvalue weighted by Gasteiger charge is -2.13. The highest BCUT2D eigenvalue weighted by atomic mass is 35.9. The minimum Gasteiger partial charge on any atom is -0.304 e. The Morgan fingerprint density at radius 3 is 1.56 bits per heavy atom. The fraction of sp³-hybridized carbons (Fsp3) is 1.00. The van der Waals surface area contributed by atoms with Gasteiger partial charge in [-0.15, -0.1) is 3.96 Å². The first kappa shape index (κ1) is 22.9. The summed E-state index contributed by atoms with van der Waals surface area (Å²) in [5, 5.41) is 0. The molecule has 0 spiro atoms. The van der Waals surface area contributed by atoms with Gasteiger partial charge in [0.2, 0.25) is 22.5 Å². The van der Waals surface area contributed by atoms with Crippen molar-refractivity contribution in [2.45, 2.75) is 20.8 Å². The van der Waals surface area contributed by atoms with Crippen LogP contribution in [0.3, 0.4) is 0 Å². The van der Waals surface area contributed by atoms with Crippen molar-refractivity contribution < 1.29 is 0 Å². The van der Waals surface area contributed by atoms with E-state index in [1.54, 1.807) is 0 Å². The van der Waals surface area contributed by atoms with Gasteiger partial charge in [0, 0.05) is 0 Å². The van der Waals surface area contributed by atoms with Crippen LogP contribution in [0.5, 0.6) is 0 Å². The number of halogens is 6. The van der Waals surface area contributed by atoms with Gasteiger partial charge in [0.1, 0.15) is 0 Å². The Hall–Kier alpha value is 2.62. The van der Waals surface area contributed by atoms with Gasteiger partial charge >= 0.3 is 6.42 Å². The van der Waals surface area contributed by atoms with Gasteiger partial charge in [-0.25, -0.2) is 0 Å². The highest BCUT2D eigenvalue weighted by molar-refractivity contribution is 8.09. The summed E-state index contributed by atoms with van der Waals surface area (Å²) < 4.78 is 4.68. The molecule has 0 aliphatic carbocycles. The maximum absolute atomic E-state index is 5.61. The SMILES string of the molecule is CCN(CC)CC.ClN(P(Cl)Cl)P(Cl)N=[P+](Cl)Cl. The Kier molecular flexibility index (Phi) is 18.5. The molecule has 0 aliphatic heterocycles. The molecule has 0 aromatic heterocycles. The summed E-state index contributed by atoms with van der Waals surface area (Å²) in [6.07, 6.45) is -1.46. The van der Waals surface area contributed by atoms with E-state index in [0.717, 1.165) is 3.96 Å². The fourth-order valence-corrected chi connectivity index (χ4v) is 7.33. The van der Waals surface area contributed by atoms with Crippen LogP contribution in [0.1, 0.15) is 20.8 Å². The molecule has 0 saturated heterocycles.